The van der Waals surface area contributed by atoms with Crippen molar-refractivity contribution in [2.45, 2.75) is 6.54 Å². The Hall–Kier alpha value is -0.750. The number of hydrogen-bond acceptors (Lipinski definition) is 2. The maximum absolute atomic E-state index is 13.6. The van der Waals surface area contributed by atoms with Crippen LogP contribution in [0, 0.1) is 5.82 Å². The van der Waals surface area contributed by atoms with Crippen LogP contribution in [-0.4, -0.2) is 27.1 Å². The van der Waals surface area contributed by atoms with Crippen molar-refractivity contribution < 1.29 is 13.4 Å². The number of hydrogen-bond donors (Lipinski definition) is 0. The molecule has 0 fully saturated rings. The van der Waals surface area contributed by atoms with E-state index in [1.807, 2.05) is 0 Å². The molecule has 0 aliphatic carbocycles. The lowest BCUT2D eigenvalue weighted by Crippen LogP contribution is -2.27. The molecule has 0 aromatic heterocycles. The van der Waals surface area contributed by atoms with Crippen LogP contribution in [0.25, 0.3) is 0 Å². The predicted octanol–water partition coefficient (Wildman–Crippen LogP) is 1.88. The van der Waals surface area contributed by atoms with Crippen LogP contribution in [0.2, 0.25) is 0 Å². The molecule has 0 unspecified atom stereocenters. The molecule has 86 valence electrons. The fourth-order valence-corrected chi connectivity index (χ4v) is 2.79. The SMILES string of the molecule is C[S@@](=O)CN1Cc2c(F)cc(Br)cc2C1=O. The minimum atomic E-state index is -1.11. The van der Waals surface area contributed by atoms with Gasteiger partial charge in [-0.15, -0.1) is 0 Å². The molecule has 0 spiro atoms. The van der Waals surface area contributed by atoms with Gasteiger partial charge in [0.2, 0.25) is 0 Å². The predicted molar refractivity (Wildman–Crippen MR) is 62.9 cm³/mol. The molecule has 0 saturated heterocycles. The van der Waals surface area contributed by atoms with Gasteiger partial charge in [0.1, 0.15) is 5.82 Å². The Morgan fingerprint density at radius 1 is 1.56 bits per heavy atom. The van der Waals surface area contributed by atoms with E-state index in [1.54, 1.807) is 6.07 Å². The van der Waals surface area contributed by atoms with E-state index in [4.69, 9.17) is 0 Å². The average molecular weight is 306 g/mol. The molecular weight excluding hydrogens is 297 g/mol. The number of carbonyl (C=O) groups excluding carboxylic acids is 1. The minimum Gasteiger partial charge on any atom is -0.322 e. The first-order chi connectivity index (χ1) is 7.49. The van der Waals surface area contributed by atoms with Gasteiger partial charge in [0.15, 0.2) is 0 Å². The van der Waals surface area contributed by atoms with Gasteiger partial charge in [-0.1, -0.05) is 15.9 Å². The van der Waals surface area contributed by atoms with Gasteiger partial charge in [-0.05, 0) is 12.1 Å². The highest BCUT2D eigenvalue weighted by atomic mass is 79.9. The smallest absolute Gasteiger partial charge is 0.255 e. The van der Waals surface area contributed by atoms with Crippen LogP contribution in [0.4, 0.5) is 4.39 Å². The average Bonchev–Trinajstić information content (AvgIpc) is 2.45. The quantitative estimate of drug-likeness (QED) is 0.836. The number of benzene rings is 1. The van der Waals surface area contributed by atoms with Crippen LogP contribution < -0.4 is 0 Å². The van der Waals surface area contributed by atoms with E-state index in [2.05, 4.69) is 15.9 Å². The molecule has 0 N–H and O–H groups in total. The van der Waals surface area contributed by atoms with Gasteiger partial charge in [0, 0.05) is 32.7 Å². The summed E-state index contributed by atoms with van der Waals surface area (Å²) in [6.07, 6.45) is 1.52. The second-order valence-corrected chi connectivity index (χ2v) is 5.94. The lowest BCUT2D eigenvalue weighted by Gasteiger charge is -2.12. The van der Waals surface area contributed by atoms with E-state index in [0.29, 0.717) is 15.6 Å². The van der Waals surface area contributed by atoms with E-state index in [0.717, 1.165) is 0 Å². The third-order valence-electron chi connectivity index (χ3n) is 2.36. The maximum Gasteiger partial charge on any atom is 0.255 e. The van der Waals surface area contributed by atoms with E-state index in [-0.39, 0.29) is 18.3 Å². The number of rotatable bonds is 2. The summed E-state index contributed by atoms with van der Waals surface area (Å²) in [5, 5.41) is 0. The molecule has 1 amide bonds. The largest absolute Gasteiger partial charge is 0.322 e. The van der Waals surface area contributed by atoms with Crippen LogP contribution in [0.1, 0.15) is 15.9 Å². The molecule has 1 atom stereocenters. The summed E-state index contributed by atoms with van der Waals surface area (Å²) in [6.45, 7) is 0.201. The zero-order chi connectivity index (χ0) is 11.9. The minimum absolute atomic E-state index is 0.143. The molecule has 16 heavy (non-hydrogen) atoms. The van der Waals surface area contributed by atoms with Crippen molar-refractivity contribution in [2.75, 3.05) is 12.1 Å². The third-order valence-corrected chi connectivity index (χ3v) is 3.50. The Kier molecular flexibility index (Phi) is 3.12. The lowest BCUT2D eigenvalue weighted by molar-refractivity contribution is 0.0806. The zero-order valence-electron chi connectivity index (χ0n) is 8.50. The number of nitrogens with zero attached hydrogens (tertiary/aromatic N) is 1. The molecule has 1 aliphatic rings. The van der Waals surface area contributed by atoms with Gasteiger partial charge in [-0.3, -0.25) is 9.00 Å². The molecule has 1 aliphatic heterocycles. The molecule has 1 heterocycles. The Morgan fingerprint density at radius 3 is 2.88 bits per heavy atom. The van der Waals surface area contributed by atoms with Crippen LogP contribution >= 0.6 is 15.9 Å². The van der Waals surface area contributed by atoms with Crippen LogP contribution in [-0.2, 0) is 17.3 Å². The maximum atomic E-state index is 13.6. The monoisotopic (exact) mass is 305 g/mol. The molecule has 0 radical (unpaired) electrons. The first-order valence-electron chi connectivity index (χ1n) is 4.56. The topological polar surface area (TPSA) is 37.4 Å². The van der Waals surface area contributed by atoms with E-state index >= 15 is 0 Å². The van der Waals surface area contributed by atoms with Gasteiger partial charge >= 0.3 is 0 Å². The van der Waals surface area contributed by atoms with Crippen molar-refractivity contribution >= 4 is 32.6 Å². The summed E-state index contributed by atoms with van der Waals surface area (Å²) in [5.41, 5.74) is 0.746. The third kappa shape index (κ3) is 2.04. The molecule has 1 aromatic rings. The standard InChI is InChI=1S/C10H9BrFNO2S/c1-16(15)5-13-4-8-7(10(13)14)2-6(11)3-9(8)12/h2-3H,4-5H2,1H3/t16-/m1/s1. The number of fused-ring (bicyclic) bond motifs is 1. The fraction of sp³-hybridized carbons (Fsp3) is 0.300. The Morgan fingerprint density at radius 2 is 2.25 bits per heavy atom. The van der Waals surface area contributed by atoms with Crippen LogP contribution in [0.15, 0.2) is 16.6 Å². The number of carbonyl (C=O) groups is 1. The second-order valence-electron chi connectivity index (χ2n) is 3.62. The molecule has 0 bridgehead atoms. The van der Waals surface area contributed by atoms with Gasteiger partial charge < -0.3 is 4.90 Å². The molecule has 2 rings (SSSR count). The highest BCUT2D eigenvalue weighted by molar-refractivity contribution is 9.10. The first kappa shape index (κ1) is 11.7. The zero-order valence-corrected chi connectivity index (χ0v) is 10.9. The second kappa shape index (κ2) is 4.25. The molecule has 6 heteroatoms. The summed E-state index contributed by atoms with van der Waals surface area (Å²) < 4.78 is 25.2. The summed E-state index contributed by atoms with van der Waals surface area (Å²) in [7, 11) is -1.11. The van der Waals surface area contributed by atoms with Gasteiger partial charge in [0.05, 0.1) is 12.4 Å². The Labute approximate surface area is 103 Å². The molecular formula is C10H9BrFNO2S. The molecule has 1 aromatic carbocycles. The van der Waals surface area contributed by atoms with Crippen molar-refractivity contribution in [3.05, 3.63) is 33.5 Å². The molecule has 0 saturated carbocycles. The molecule has 3 nitrogen and oxygen atoms in total. The van der Waals surface area contributed by atoms with E-state index in [1.165, 1.54) is 17.2 Å². The summed E-state index contributed by atoms with van der Waals surface area (Å²) >= 11 is 3.14. The summed E-state index contributed by atoms with van der Waals surface area (Å²) in [6, 6.07) is 2.93. The fourth-order valence-electron chi connectivity index (χ4n) is 1.71. The van der Waals surface area contributed by atoms with E-state index in [9.17, 15) is 13.4 Å². The van der Waals surface area contributed by atoms with Gasteiger partial charge in [-0.25, -0.2) is 4.39 Å². The lowest BCUT2D eigenvalue weighted by atomic mass is 10.1. The number of amides is 1. The van der Waals surface area contributed by atoms with Crippen molar-refractivity contribution in [3.8, 4) is 0 Å². The van der Waals surface area contributed by atoms with Crippen molar-refractivity contribution in [1.82, 2.24) is 4.90 Å². The Balaban J connectivity index is 2.38. The highest BCUT2D eigenvalue weighted by Gasteiger charge is 2.30. The van der Waals surface area contributed by atoms with Gasteiger partial charge in [-0.2, -0.15) is 0 Å². The van der Waals surface area contributed by atoms with Crippen LogP contribution in [0.5, 0.6) is 0 Å². The van der Waals surface area contributed by atoms with E-state index < -0.39 is 16.6 Å². The van der Waals surface area contributed by atoms with Gasteiger partial charge in [0.25, 0.3) is 5.91 Å². The normalized spacial score (nSPS) is 16.4. The summed E-state index contributed by atoms with van der Waals surface area (Å²) in [4.78, 5) is 13.2. The summed E-state index contributed by atoms with van der Waals surface area (Å²) in [5.74, 6) is -0.516. The van der Waals surface area contributed by atoms with Crippen molar-refractivity contribution in [2.24, 2.45) is 0 Å². The highest BCUT2D eigenvalue weighted by Crippen LogP contribution is 2.28. The number of halogens is 2. The van der Waals surface area contributed by atoms with Crippen molar-refractivity contribution in [3.63, 3.8) is 0 Å². The Bertz CT molecular complexity index is 492. The first-order valence-corrected chi connectivity index (χ1v) is 7.08. The van der Waals surface area contributed by atoms with Crippen LogP contribution in [0.3, 0.4) is 0 Å². The van der Waals surface area contributed by atoms with Crippen molar-refractivity contribution in [1.29, 1.82) is 0 Å².